The summed E-state index contributed by atoms with van der Waals surface area (Å²) in [5.74, 6) is 0.833. The summed E-state index contributed by atoms with van der Waals surface area (Å²) in [7, 11) is 0. The molecule has 0 saturated carbocycles. The smallest absolute Gasteiger partial charge is 0.164 e. The maximum absolute atomic E-state index is 11.8. The summed E-state index contributed by atoms with van der Waals surface area (Å²) >= 11 is 0. The van der Waals surface area contributed by atoms with Gasteiger partial charge in [-0.25, -0.2) is 0 Å². The van der Waals surface area contributed by atoms with Crippen LogP contribution in [-0.2, 0) is 44.2 Å². The Morgan fingerprint density at radius 2 is 1.63 bits per heavy atom. The number of fused-ring (bicyclic) bond motifs is 5. The van der Waals surface area contributed by atoms with E-state index in [1.165, 1.54) is 70.0 Å². The molecule has 0 bridgehead atoms. The molecule has 0 saturated heterocycles. The predicted molar refractivity (Wildman–Crippen MR) is 192 cm³/mol. The molecule has 0 spiro atoms. The molecule has 1 radical (unpaired) electrons. The Kier molecular flexibility index (Phi) is 12.6. The Bertz CT molecular complexity index is 1710. The molecule has 1 N–H and O–H groups in total. The number of aryl methyl sites for hydroxylation is 4. The number of allylic oxidation sites excluding steroid dienone is 2. The summed E-state index contributed by atoms with van der Waals surface area (Å²) in [6.45, 7) is 20.6. The van der Waals surface area contributed by atoms with Crippen molar-refractivity contribution in [3.63, 3.8) is 0 Å². The second-order valence-corrected chi connectivity index (χ2v) is 14.8. The van der Waals surface area contributed by atoms with Gasteiger partial charge in [-0.15, -0.1) is 34.9 Å². The van der Waals surface area contributed by atoms with Crippen LogP contribution < -0.4 is 0 Å². The number of benzene rings is 3. The van der Waals surface area contributed by atoms with Gasteiger partial charge in [0.05, 0.1) is 0 Å². The van der Waals surface area contributed by atoms with E-state index in [9.17, 15) is 9.90 Å². The first-order valence-electron chi connectivity index (χ1n) is 17.0. The molecule has 1 aliphatic rings. The summed E-state index contributed by atoms with van der Waals surface area (Å²) in [5, 5.41) is 15.3. The molecular formula is C42H54IrNO2-. The molecule has 4 aromatic rings. The number of pyridine rings is 1. The molecule has 0 atom stereocenters. The van der Waals surface area contributed by atoms with Gasteiger partial charge in [-0.05, 0) is 101 Å². The largest absolute Gasteiger partial charge is 0.512 e. The van der Waals surface area contributed by atoms with Crippen LogP contribution in [0, 0.1) is 36.7 Å². The van der Waals surface area contributed by atoms with Gasteiger partial charge in [-0.2, -0.15) is 0 Å². The maximum atomic E-state index is 11.8. The van der Waals surface area contributed by atoms with Crippen LogP contribution >= 0.6 is 0 Å². The van der Waals surface area contributed by atoms with Gasteiger partial charge in [0.1, 0.15) is 5.76 Å². The van der Waals surface area contributed by atoms with Gasteiger partial charge in [0.2, 0.25) is 0 Å². The molecule has 3 nitrogen and oxygen atoms in total. The SMILES string of the molecule is CCC(C)(C)C(=O)/C=C(\O)C(C)(C)CC.Cc1[c-]c(-c2nccc3cc(CC(C)C)c4c5c(ccc4c23)CCCC5)cc(C)c1.[Ir]. The van der Waals surface area contributed by atoms with Gasteiger partial charge in [0.15, 0.2) is 5.78 Å². The number of aromatic nitrogens is 1. The minimum Gasteiger partial charge on any atom is -0.512 e. The topological polar surface area (TPSA) is 50.2 Å². The zero-order chi connectivity index (χ0) is 33.1. The van der Waals surface area contributed by atoms with Crippen molar-refractivity contribution in [1.29, 1.82) is 0 Å². The minimum atomic E-state index is -0.377. The number of rotatable bonds is 8. The Morgan fingerprint density at radius 3 is 2.26 bits per heavy atom. The number of nitrogens with zero attached hydrogens (tertiary/aromatic N) is 1. The Balaban J connectivity index is 0.000000309. The van der Waals surface area contributed by atoms with Gasteiger partial charge >= 0.3 is 0 Å². The van der Waals surface area contributed by atoms with E-state index in [0.717, 1.165) is 30.5 Å². The number of ketones is 1. The quantitative estimate of drug-likeness (QED) is 0.0836. The number of aliphatic hydroxyl groups is 1. The van der Waals surface area contributed by atoms with Crippen LogP contribution in [0.25, 0.3) is 32.8 Å². The normalized spacial score (nSPS) is 13.7. The molecule has 5 rings (SSSR count). The average molecular weight is 797 g/mol. The van der Waals surface area contributed by atoms with E-state index in [4.69, 9.17) is 4.98 Å². The molecule has 0 fully saturated rings. The van der Waals surface area contributed by atoms with Gasteiger partial charge < -0.3 is 10.1 Å². The van der Waals surface area contributed by atoms with E-state index >= 15 is 0 Å². The van der Waals surface area contributed by atoms with E-state index in [-0.39, 0.29) is 42.5 Å². The number of aliphatic hydroxyl groups excluding tert-OH is 1. The van der Waals surface area contributed by atoms with Crippen molar-refractivity contribution in [3.05, 3.63) is 88.3 Å². The van der Waals surface area contributed by atoms with Crippen LogP contribution in [0.15, 0.2) is 54.4 Å². The van der Waals surface area contributed by atoms with Crippen molar-refractivity contribution in [1.82, 2.24) is 4.98 Å². The van der Waals surface area contributed by atoms with Gasteiger partial charge in [-0.1, -0.05) is 87.4 Å². The first-order valence-corrected chi connectivity index (χ1v) is 17.0. The molecule has 0 amide bonds. The van der Waals surface area contributed by atoms with Crippen LogP contribution in [0.1, 0.15) is 109 Å². The fourth-order valence-electron chi connectivity index (χ4n) is 6.24. The van der Waals surface area contributed by atoms with Crippen molar-refractivity contribution in [2.45, 2.75) is 114 Å². The molecule has 46 heavy (non-hydrogen) atoms. The van der Waals surface area contributed by atoms with E-state index in [2.05, 4.69) is 70.2 Å². The molecular weight excluding hydrogens is 743 g/mol. The molecule has 3 aromatic carbocycles. The summed E-state index contributed by atoms with van der Waals surface area (Å²) in [4.78, 5) is 16.7. The van der Waals surface area contributed by atoms with Crippen molar-refractivity contribution in [3.8, 4) is 11.3 Å². The van der Waals surface area contributed by atoms with Crippen LogP contribution in [0.4, 0.5) is 0 Å². The van der Waals surface area contributed by atoms with Crippen molar-refractivity contribution in [2.24, 2.45) is 16.7 Å². The first kappa shape index (κ1) is 37.6. The summed E-state index contributed by atoms with van der Waals surface area (Å²) in [6, 6.07) is 17.4. The molecule has 249 valence electrons. The van der Waals surface area contributed by atoms with E-state index in [0.29, 0.717) is 5.92 Å². The number of hydrogen-bond acceptors (Lipinski definition) is 3. The van der Waals surface area contributed by atoms with Gasteiger partial charge in [0, 0.05) is 43.2 Å². The summed E-state index contributed by atoms with van der Waals surface area (Å²) in [6.07, 6.45) is 11.1. The number of carbonyl (C=O) groups is 1. The number of hydrogen-bond donors (Lipinski definition) is 1. The Morgan fingerprint density at radius 1 is 0.957 bits per heavy atom. The van der Waals surface area contributed by atoms with E-state index in [1.807, 2.05) is 47.7 Å². The van der Waals surface area contributed by atoms with Crippen LogP contribution in [0.2, 0.25) is 0 Å². The van der Waals surface area contributed by atoms with Crippen LogP contribution in [-0.4, -0.2) is 15.9 Å². The second kappa shape index (κ2) is 15.4. The molecule has 0 aliphatic heterocycles. The average Bonchev–Trinajstić information content (AvgIpc) is 2.99. The molecule has 1 aliphatic carbocycles. The maximum Gasteiger partial charge on any atom is 0.164 e. The monoisotopic (exact) mass is 797 g/mol. The number of carbonyl (C=O) groups excluding carboxylic acids is 1. The predicted octanol–water partition coefficient (Wildman–Crippen LogP) is 11.4. The molecule has 4 heteroatoms. The third kappa shape index (κ3) is 8.36. The first-order chi connectivity index (χ1) is 21.2. The summed E-state index contributed by atoms with van der Waals surface area (Å²) in [5.41, 5.74) is 8.58. The van der Waals surface area contributed by atoms with Gasteiger partial charge in [-0.3, -0.25) is 4.79 Å². The molecule has 0 unspecified atom stereocenters. The Hall–Kier alpha value is -2.81. The van der Waals surface area contributed by atoms with E-state index < -0.39 is 0 Å². The van der Waals surface area contributed by atoms with Crippen LogP contribution in [0.3, 0.4) is 0 Å². The second-order valence-electron chi connectivity index (χ2n) is 14.8. The minimum absolute atomic E-state index is 0. The van der Waals surface area contributed by atoms with Crippen molar-refractivity contribution in [2.75, 3.05) is 0 Å². The zero-order valence-corrected chi connectivity index (χ0v) is 32.2. The van der Waals surface area contributed by atoms with Crippen molar-refractivity contribution < 1.29 is 30.0 Å². The van der Waals surface area contributed by atoms with Crippen LogP contribution in [0.5, 0.6) is 0 Å². The third-order valence-corrected chi connectivity index (χ3v) is 9.86. The molecule has 1 aromatic heterocycles. The van der Waals surface area contributed by atoms with E-state index in [1.54, 1.807) is 11.1 Å². The fourth-order valence-corrected chi connectivity index (χ4v) is 6.24. The van der Waals surface area contributed by atoms with Crippen molar-refractivity contribution >= 4 is 27.3 Å². The molecule has 1 heterocycles. The standard InChI is InChI=1S/C29H30N.C13H24O2.Ir/c1-18(2)13-23-17-22-11-12-30-29(24-15-19(3)14-20(4)16-24)28(22)26-10-9-21-7-5-6-8-25(21)27(23)26;1-7-12(3,4)10(14)9-11(15)13(5,6)8-2;/h9-12,14-15,17-18H,5-8,13H2,1-4H3;9,14H,7-8H2,1-6H3;/q-1;;/b;10-9-;. The van der Waals surface area contributed by atoms with Gasteiger partial charge in [0.25, 0.3) is 0 Å². The third-order valence-electron chi connectivity index (χ3n) is 9.86. The Labute approximate surface area is 291 Å². The summed E-state index contributed by atoms with van der Waals surface area (Å²) < 4.78 is 0. The fraction of sp³-hybridized carbons (Fsp3) is 0.476. The zero-order valence-electron chi connectivity index (χ0n) is 29.8.